The Labute approximate surface area is 156 Å². The number of aliphatic hydroxyl groups excluding tert-OH is 1. The summed E-state index contributed by atoms with van der Waals surface area (Å²) in [7, 11) is 1.42. The summed E-state index contributed by atoms with van der Waals surface area (Å²) in [6.45, 7) is 8.25. The molecule has 0 aromatic heterocycles. The van der Waals surface area contributed by atoms with E-state index in [-0.39, 0.29) is 34.6 Å². The fourth-order valence-corrected chi connectivity index (χ4v) is 6.22. The van der Waals surface area contributed by atoms with Crippen LogP contribution in [-0.2, 0) is 19.0 Å². The number of fused-ring (bicyclic) bond motifs is 1. The first-order valence-corrected chi connectivity index (χ1v) is 9.96. The molecule has 0 aromatic carbocycles. The van der Waals surface area contributed by atoms with E-state index in [0.717, 1.165) is 38.7 Å². The van der Waals surface area contributed by atoms with Crippen LogP contribution in [0.15, 0.2) is 11.6 Å². The van der Waals surface area contributed by atoms with Crippen molar-refractivity contribution in [1.82, 2.24) is 0 Å². The van der Waals surface area contributed by atoms with Gasteiger partial charge in [0, 0.05) is 0 Å². The largest absolute Gasteiger partial charge is 0.466 e. The van der Waals surface area contributed by atoms with E-state index in [0.29, 0.717) is 24.0 Å². The number of hydrogen-bond donors (Lipinski definition) is 1. The van der Waals surface area contributed by atoms with Crippen molar-refractivity contribution >= 4 is 5.97 Å². The van der Waals surface area contributed by atoms with E-state index >= 15 is 0 Å². The molecule has 1 N–H and O–H groups in total. The number of carbonyl (C=O) groups excluding carboxylic acids is 1. The normalized spacial score (nSPS) is 46.6. The maximum atomic E-state index is 12.1. The number of epoxide rings is 2. The van der Waals surface area contributed by atoms with Gasteiger partial charge < -0.3 is 19.3 Å². The molecule has 1 spiro atoms. The maximum Gasteiger partial charge on any atom is 0.336 e. The minimum absolute atomic E-state index is 0.0360. The SMILES string of the molecule is COC(=O)/C(=C/C[C@@H]1[C@@]2(CC[C@@H]3C(C)(C)[C@@H](O)CC[C@@]31C)CO2)[C@@H]1CO1. The van der Waals surface area contributed by atoms with Gasteiger partial charge >= 0.3 is 5.97 Å². The zero-order valence-electron chi connectivity index (χ0n) is 16.4. The lowest BCUT2D eigenvalue weighted by molar-refractivity contribution is -0.153. The fourth-order valence-electron chi connectivity index (χ4n) is 6.22. The van der Waals surface area contributed by atoms with Crippen molar-refractivity contribution < 1.29 is 24.1 Å². The van der Waals surface area contributed by atoms with Gasteiger partial charge in [-0.05, 0) is 54.8 Å². The van der Waals surface area contributed by atoms with Gasteiger partial charge in [0.1, 0.15) is 6.10 Å². The van der Waals surface area contributed by atoms with E-state index in [1.54, 1.807) is 0 Å². The molecule has 0 unspecified atom stereocenters. The van der Waals surface area contributed by atoms with Crippen LogP contribution in [0.25, 0.3) is 0 Å². The molecule has 0 radical (unpaired) electrons. The van der Waals surface area contributed by atoms with E-state index in [1.165, 1.54) is 7.11 Å². The molecule has 2 saturated carbocycles. The minimum Gasteiger partial charge on any atom is -0.466 e. The monoisotopic (exact) mass is 364 g/mol. The number of esters is 1. The summed E-state index contributed by atoms with van der Waals surface area (Å²) in [6.07, 6.45) is 6.52. The van der Waals surface area contributed by atoms with Crippen molar-refractivity contribution in [1.29, 1.82) is 0 Å². The second-order valence-electron chi connectivity index (χ2n) is 9.59. The molecule has 2 aliphatic heterocycles. The van der Waals surface area contributed by atoms with E-state index in [4.69, 9.17) is 14.2 Å². The predicted octanol–water partition coefficient (Wildman–Crippen LogP) is 2.86. The Morgan fingerprint density at radius 2 is 1.96 bits per heavy atom. The van der Waals surface area contributed by atoms with Crippen LogP contribution in [0.2, 0.25) is 0 Å². The van der Waals surface area contributed by atoms with Gasteiger partial charge in [-0.15, -0.1) is 0 Å². The molecule has 4 fully saturated rings. The Kier molecular flexibility index (Phi) is 4.29. The van der Waals surface area contributed by atoms with E-state index in [1.807, 2.05) is 6.08 Å². The van der Waals surface area contributed by atoms with Gasteiger partial charge in [-0.25, -0.2) is 4.79 Å². The topological polar surface area (TPSA) is 71.6 Å². The van der Waals surface area contributed by atoms with Gasteiger partial charge in [-0.3, -0.25) is 0 Å². The van der Waals surface area contributed by atoms with Gasteiger partial charge in [0.25, 0.3) is 0 Å². The van der Waals surface area contributed by atoms with Crippen LogP contribution < -0.4 is 0 Å². The third-order valence-electron chi connectivity index (χ3n) is 7.99. The molecule has 0 aromatic rings. The van der Waals surface area contributed by atoms with Crippen LogP contribution in [0.4, 0.5) is 0 Å². The molecule has 0 amide bonds. The number of methoxy groups -OCH3 is 1. The second-order valence-corrected chi connectivity index (χ2v) is 9.59. The van der Waals surface area contributed by atoms with Crippen LogP contribution in [0.3, 0.4) is 0 Å². The Balaban J connectivity index is 1.63. The van der Waals surface area contributed by atoms with Crippen molar-refractivity contribution in [2.45, 2.75) is 70.7 Å². The Morgan fingerprint density at radius 3 is 2.54 bits per heavy atom. The molecule has 0 bridgehead atoms. The second kappa shape index (κ2) is 6.05. The fraction of sp³-hybridized carbons (Fsp3) is 0.857. The molecule has 6 atom stereocenters. The van der Waals surface area contributed by atoms with Crippen molar-refractivity contribution in [2.24, 2.45) is 22.7 Å². The summed E-state index contributed by atoms with van der Waals surface area (Å²) >= 11 is 0. The standard InChI is InChI=1S/C21H32O5/c1-19(2)15-7-10-21(12-26-21)16(20(15,3)9-8-17(19)22)6-5-13(14-11-25-14)18(23)24-4/h5,14-17,22H,6-12H2,1-4H3/b13-5+/t14-,15+,16-,17-,20-,21+/m0/s1. The van der Waals surface area contributed by atoms with Crippen molar-refractivity contribution in [2.75, 3.05) is 20.3 Å². The highest BCUT2D eigenvalue weighted by molar-refractivity contribution is 5.90. The highest BCUT2D eigenvalue weighted by Crippen LogP contribution is 2.66. The number of carbonyl (C=O) groups is 1. The van der Waals surface area contributed by atoms with Gasteiger partial charge in [-0.1, -0.05) is 26.8 Å². The summed E-state index contributed by atoms with van der Waals surface area (Å²) in [5.41, 5.74) is 0.644. The van der Waals surface area contributed by atoms with E-state index in [2.05, 4.69) is 20.8 Å². The highest BCUT2D eigenvalue weighted by Gasteiger charge is 2.66. The van der Waals surface area contributed by atoms with Crippen LogP contribution in [0, 0.1) is 22.7 Å². The molecule has 5 nitrogen and oxygen atoms in total. The third-order valence-corrected chi connectivity index (χ3v) is 7.99. The van der Waals surface area contributed by atoms with E-state index < -0.39 is 0 Å². The molecule has 146 valence electrons. The molecule has 26 heavy (non-hydrogen) atoms. The third kappa shape index (κ3) is 2.74. The molecule has 2 heterocycles. The van der Waals surface area contributed by atoms with Crippen molar-refractivity contribution in [3.63, 3.8) is 0 Å². The smallest absolute Gasteiger partial charge is 0.336 e. The molecule has 4 rings (SSSR count). The summed E-state index contributed by atoms with van der Waals surface area (Å²) in [5, 5.41) is 10.6. The lowest BCUT2D eigenvalue weighted by Crippen LogP contribution is -2.58. The quantitative estimate of drug-likeness (QED) is 0.472. The number of hydrogen-bond acceptors (Lipinski definition) is 5. The molecular formula is C21H32O5. The molecule has 2 aliphatic carbocycles. The number of aliphatic hydroxyl groups is 1. The molecule has 5 heteroatoms. The number of ether oxygens (including phenoxy) is 3. The van der Waals surface area contributed by atoms with Crippen LogP contribution in [-0.4, -0.2) is 49.2 Å². The number of rotatable bonds is 4. The first-order valence-electron chi connectivity index (χ1n) is 9.96. The van der Waals surface area contributed by atoms with Crippen LogP contribution in [0.1, 0.15) is 52.9 Å². The zero-order valence-corrected chi connectivity index (χ0v) is 16.4. The first kappa shape index (κ1) is 18.5. The van der Waals surface area contributed by atoms with Crippen molar-refractivity contribution in [3.05, 3.63) is 11.6 Å². The first-order chi connectivity index (χ1) is 12.2. The average molecular weight is 364 g/mol. The summed E-state index contributed by atoms with van der Waals surface area (Å²) in [5.74, 6) is 0.542. The number of allylic oxidation sites excluding steroid dienone is 1. The Bertz CT molecular complexity index is 616. The lowest BCUT2D eigenvalue weighted by atomic mass is 9.45. The molecule has 2 saturated heterocycles. The predicted molar refractivity (Wildman–Crippen MR) is 96.5 cm³/mol. The van der Waals surface area contributed by atoms with Gasteiger partial charge in [0.15, 0.2) is 0 Å². The van der Waals surface area contributed by atoms with Crippen LogP contribution >= 0.6 is 0 Å². The van der Waals surface area contributed by atoms with Gasteiger partial charge in [0.2, 0.25) is 0 Å². The van der Waals surface area contributed by atoms with Crippen LogP contribution in [0.5, 0.6) is 0 Å². The minimum atomic E-state index is -0.282. The molecule has 4 aliphatic rings. The summed E-state index contributed by atoms with van der Waals surface area (Å²) in [6, 6.07) is 0. The lowest BCUT2D eigenvalue weighted by Gasteiger charge is -2.60. The highest BCUT2D eigenvalue weighted by atomic mass is 16.6. The van der Waals surface area contributed by atoms with Gasteiger partial charge in [-0.2, -0.15) is 0 Å². The zero-order chi connectivity index (χ0) is 18.7. The average Bonchev–Trinajstić information content (AvgIpc) is 3.50. The summed E-state index contributed by atoms with van der Waals surface area (Å²) < 4.78 is 16.3. The van der Waals surface area contributed by atoms with Crippen molar-refractivity contribution in [3.8, 4) is 0 Å². The Hall–Kier alpha value is -0.910. The van der Waals surface area contributed by atoms with Gasteiger partial charge in [0.05, 0.1) is 37.6 Å². The maximum absolute atomic E-state index is 12.1. The Morgan fingerprint density at radius 1 is 1.27 bits per heavy atom. The van der Waals surface area contributed by atoms with E-state index in [9.17, 15) is 9.90 Å². The summed E-state index contributed by atoms with van der Waals surface area (Å²) in [4.78, 5) is 12.1. The molecular weight excluding hydrogens is 332 g/mol.